The molecule has 0 radical (unpaired) electrons. The van der Waals surface area contributed by atoms with Crippen molar-refractivity contribution < 1.29 is 14.3 Å². The highest BCUT2D eigenvalue weighted by atomic mass is 35.5. The van der Waals surface area contributed by atoms with E-state index in [0.29, 0.717) is 23.9 Å². The highest BCUT2D eigenvalue weighted by Crippen LogP contribution is 2.37. The number of ether oxygens (including phenoxy) is 2. The maximum absolute atomic E-state index is 12.4. The van der Waals surface area contributed by atoms with Gasteiger partial charge in [0.15, 0.2) is 5.79 Å². The molecule has 2 saturated heterocycles. The second kappa shape index (κ2) is 9.04. The van der Waals surface area contributed by atoms with Gasteiger partial charge in [-0.3, -0.25) is 10.2 Å². The number of benzene rings is 2. The molecule has 7 nitrogen and oxygen atoms in total. The first kappa shape index (κ1) is 20.7. The van der Waals surface area contributed by atoms with E-state index in [2.05, 4.69) is 20.7 Å². The average molecular weight is 429 g/mol. The van der Waals surface area contributed by atoms with Gasteiger partial charge in [0.2, 0.25) is 0 Å². The summed E-state index contributed by atoms with van der Waals surface area (Å²) in [5.41, 5.74) is 6.30. The van der Waals surface area contributed by atoms with Gasteiger partial charge in [-0.25, -0.2) is 0 Å². The highest BCUT2D eigenvalue weighted by Gasteiger charge is 2.40. The van der Waals surface area contributed by atoms with Crippen molar-refractivity contribution in [3.05, 3.63) is 53.1 Å². The summed E-state index contributed by atoms with van der Waals surface area (Å²) in [5, 5.41) is 7.47. The third kappa shape index (κ3) is 4.59. The predicted octanol–water partition coefficient (Wildman–Crippen LogP) is 4.03. The van der Waals surface area contributed by atoms with Crippen molar-refractivity contribution in [1.29, 1.82) is 0 Å². The van der Waals surface area contributed by atoms with Crippen LogP contribution in [0.1, 0.15) is 18.4 Å². The Labute approximate surface area is 181 Å². The number of piperidine rings is 1. The van der Waals surface area contributed by atoms with Crippen LogP contribution < -0.4 is 15.6 Å². The number of hydrogen-bond acceptors (Lipinski definition) is 6. The minimum Gasteiger partial charge on any atom is -0.369 e. The molecular weight excluding hydrogens is 404 g/mol. The lowest BCUT2D eigenvalue weighted by Crippen LogP contribution is -2.45. The molecule has 0 saturated carbocycles. The van der Waals surface area contributed by atoms with Gasteiger partial charge in [0.1, 0.15) is 6.21 Å². The van der Waals surface area contributed by atoms with Gasteiger partial charge in [0.25, 0.3) is 5.91 Å². The number of amides is 1. The Morgan fingerprint density at radius 3 is 2.53 bits per heavy atom. The van der Waals surface area contributed by atoms with Gasteiger partial charge in [-0.05, 0) is 30.7 Å². The molecule has 2 aromatic carbocycles. The summed E-state index contributed by atoms with van der Waals surface area (Å²) in [6, 6.07) is 13.1. The van der Waals surface area contributed by atoms with Crippen molar-refractivity contribution in [1.82, 2.24) is 0 Å². The number of carbonyl (C=O) groups is 1. The van der Waals surface area contributed by atoms with Crippen molar-refractivity contribution in [2.45, 2.75) is 25.6 Å². The smallest absolute Gasteiger partial charge is 0.268 e. The van der Waals surface area contributed by atoms with Crippen LogP contribution in [-0.2, 0) is 14.3 Å². The van der Waals surface area contributed by atoms with E-state index in [0.717, 1.165) is 42.9 Å². The van der Waals surface area contributed by atoms with E-state index in [9.17, 15) is 4.79 Å². The van der Waals surface area contributed by atoms with E-state index < -0.39 is 5.79 Å². The first-order valence-electron chi connectivity index (χ1n) is 10.0. The topological polar surface area (TPSA) is 75.2 Å². The van der Waals surface area contributed by atoms with Gasteiger partial charge in [-0.1, -0.05) is 35.9 Å². The van der Waals surface area contributed by atoms with Crippen LogP contribution in [0.5, 0.6) is 0 Å². The molecule has 2 aromatic rings. The molecule has 0 bridgehead atoms. The molecule has 30 heavy (non-hydrogen) atoms. The minimum atomic E-state index is -0.431. The zero-order chi connectivity index (χ0) is 21.0. The average Bonchev–Trinajstić information content (AvgIpc) is 3.19. The van der Waals surface area contributed by atoms with Crippen molar-refractivity contribution in [2.24, 2.45) is 5.10 Å². The molecular formula is C22H25ClN4O3. The molecule has 2 aliphatic heterocycles. The Morgan fingerprint density at radius 2 is 1.80 bits per heavy atom. The Morgan fingerprint density at radius 1 is 1.10 bits per heavy atom. The van der Waals surface area contributed by atoms with Crippen LogP contribution in [0.3, 0.4) is 0 Å². The summed E-state index contributed by atoms with van der Waals surface area (Å²) in [6.07, 6.45) is 2.82. The number of hydrogen-bond donors (Lipinski definition) is 2. The Hall–Kier alpha value is -2.61. The lowest BCUT2D eigenvalue weighted by atomic mass is 10.0. The Bertz CT molecular complexity index is 934. The molecule has 2 fully saturated rings. The molecule has 1 amide bonds. The normalized spacial score (nSPS) is 18.1. The van der Waals surface area contributed by atoms with Crippen LogP contribution in [0.15, 0.2) is 47.6 Å². The summed E-state index contributed by atoms with van der Waals surface area (Å²) in [5.74, 6) is -0.753. The number of hydrazone groups is 1. The quantitative estimate of drug-likeness (QED) is 0.555. The highest BCUT2D eigenvalue weighted by molar-refractivity contribution is 6.33. The second-order valence-corrected chi connectivity index (χ2v) is 7.81. The van der Waals surface area contributed by atoms with Crippen molar-refractivity contribution in [3.8, 4) is 0 Å². The van der Waals surface area contributed by atoms with Crippen LogP contribution in [0.2, 0.25) is 5.02 Å². The van der Waals surface area contributed by atoms with Gasteiger partial charge in [-0.15, -0.1) is 0 Å². The summed E-state index contributed by atoms with van der Waals surface area (Å²) < 4.78 is 11.7. The van der Waals surface area contributed by atoms with Gasteiger partial charge in [0, 0.05) is 25.9 Å². The summed E-state index contributed by atoms with van der Waals surface area (Å²) in [6.45, 7) is 4.97. The maximum atomic E-state index is 12.4. The molecule has 0 atom stereocenters. The van der Waals surface area contributed by atoms with Crippen LogP contribution >= 0.6 is 11.6 Å². The van der Waals surface area contributed by atoms with Gasteiger partial charge in [0.05, 0.1) is 35.3 Å². The fourth-order valence-electron chi connectivity index (χ4n) is 3.91. The molecule has 0 aliphatic carbocycles. The Kier molecular flexibility index (Phi) is 6.22. The van der Waals surface area contributed by atoms with Gasteiger partial charge in [-0.2, -0.15) is 5.10 Å². The lowest BCUT2D eigenvalue weighted by molar-refractivity contribution is -0.169. The van der Waals surface area contributed by atoms with E-state index in [4.69, 9.17) is 21.1 Å². The summed E-state index contributed by atoms with van der Waals surface area (Å²) >= 11 is 6.08. The second-order valence-electron chi connectivity index (χ2n) is 7.40. The van der Waals surface area contributed by atoms with Crippen LogP contribution in [0.4, 0.5) is 17.1 Å². The standard InChI is InChI=1S/C22H25ClN4O3/c1-16-5-4-8-19(21(16)27-11-9-22(10-12-27)29-13-14-30-22)25-20(28)15-24-26-18-7-3-2-6-17(18)23/h2-8,15,26H,9-14H2,1H3,(H,25,28)/b24-15+. The van der Waals surface area contributed by atoms with Crippen LogP contribution in [0, 0.1) is 6.92 Å². The molecule has 8 heteroatoms. The van der Waals surface area contributed by atoms with Crippen molar-refractivity contribution in [3.63, 3.8) is 0 Å². The molecule has 1 spiro atoms. The number of halogens is 1. The molecule has 4 rings (SSSR count). The zero-order valence-electron chi connectivity index (χ0n) is 16.9. The fourth-order valence-corrected chi connectivity index (χ4v) is 4.09. The maximum Gasteiger partial charge on any atom is 0.268 e. The van der Waals surface area contributed by atoms with E-state index in [-0.39, 0.29) is 5.91 Å². The molecule has 0 aromatic heterocycles. The summed E-state index contributed by atoms with van der Waals surface area (Å²) in [7, 11) is 0. The lowest BCUT2D eigenvalue weighted by Gasteiger charge is -2.39. The third-order valence-electron chi connectivity index (χ3n) is 5.39. The van der Waals surface area contributed by atoms with Crippen LogP contribution in [-0.4, -0.2) is 44.2 Å². The molecule has 2 heterocycles. The monoisotopic (exact) mass is 428 g/mol. The number of aryl methyl sites for hydroxylation is 1. The number of anilines is 3. The Balaban J connectivity index is 1.42. The largest absolute Gasteiger partial charge is 0.369 e. The van der Waals surface area contributed by atoms with E-state index in [1.165, 1.54) is 6.21 Å². The van der Waals surface area contributed by atoms with E-state index in [1.807, 2.05) is 37.3 Å². The number of nitrogens with one attached hydrogen (secondary N) is 2. The number of nitrogens with zero attached hydrogens (tertiary/aromatic N) is 2. The van der Waals surface area contributed by atoms with Crippen LogP contribution in [0.25, 0.3) is 0 Å². The SMILES string of the molecule is Cc1cccc(NC(=O)/C=N/Nc2ccccc2Cl)c1N1CCC2(CC1)OCCO2. The number of para-hydroxylation sites is 2. The van der Waals surface area contributed by atoms with Crippen molar-refractivity contribution in [2.75, 3.05) is 41.9 Å². The first-order valence-corrected chi connectivity index (χ1v) is 10.4. The zero-order valence-corrected chi connectivity index (χ0v) is 17.6. The fraction of sp³-hybridized carbons (Fsp3) is 0.364. The van der Waals surface area contributed by atoms with Gasteiger partial charge >= 0.3 is 0 Å². The number of carbonyl (C=O) groups excluding carboxylic acids is 1. The van der Waals surface area contributed by atoms with E-state index >= 15 is 0 Å². The summed E-state index contributed by atoms with van der Waals surface area (Å²) in [4.78, 5) is 14.7. The van der Waals surface area contributed by atoms with Gasteiger partial charge < -0.3 is 19.7 Å². The molecule has 2 N–H and O–H groups in total. The molecule has 158 valence electrons. The predicted molar refractivity (Wildman–Crippen MR) is 119 cm³/mol. The molecule has 2 aliphatic rings. The third-order valence-corrected chi connectivity index (χ3v) is 5.72. The van der Waals surface area contributed by atoms with Crippen molar-refractivity contribution >= 4 is 40.8 Å². The molecule has 0 unspecified atom stereocenters. The first-order chi connectivity index (χ1) is 14.6. The minimum absolute atomic E-state index is 0.322. The van der Waals surface area contributed by atoms with E-state index in [1.54, 1.807) is 12.1 Å². The number of rotatable bonds is 5.